The molecule has 0 aromatic carbocycles. The maximum Gasteiger partial charge on any atom is 0.159 e. The van der Waals surface area contributed by atoms with Crippen molar-refractivity contribution in [3.8, 4) is 0 Å². The predicted octanol–water partition coefficient (Wildman–Crippen LogP) is 4.36. The first-order chi connectivity index (χ1) is 10.3. The SMILES string of the molecule is C=C(CC(=O)C=C(C)C)[C@@H]1CC(=O)[C@@]2(C)[C@@H]1[C@@H]1[C@H](C)CC[C@@H]12. The Balaban J connectivity index is 1.78. The van der Waals surface area contributed by atoms with Gasteiger partial charge in [0.15, 0.2) is 5.78 Å². The van der Waals surface area contributed by atoms with E-state index in [9.17, 15) is 9.59 Å². The van der Waals surface area contributed by atoms with E-state index >= 15 is 0 Å². The maximum atomic E-state index is 12.6. The van der Waals surface area contributed by atoms with Crippen LogP contribution in [0.1, 0.15) is 53.4 Å². The van der Waals surface area contributed by atoms with E-state index in [1.165, 1.54) is 12.8 Å². The van der Waals surface area contributed by atoms with E-state index < -0.39 is 0 Å². The molecule has 0 N–H and O–H groups in total. The number of carbonyl (C=O) groups excluding carboxylic acids is 2. The van der Waals surface area contributed by atoms with Crippen molar-refractivity contribution in [2.45, 2.75) is 53.4 Å². The highest BCUT2D eigenvalue weighted by molar-refractivity contribution is 5.93. The van der Waals surface area contributed by atoms with Crippen LogP contribution >= 0.6 is 0 Å². The molecule has 0 amide bonds. The summed E-state index contributed by atoms with van der Waals surface area (Å²) in [7, 11) is 0. The van der Waals surface area contributed by atoms with Gasteiger partial charge < -0.3 is 0 Å². The largest absolute Gasteiger partial charge is 0.299 e. The number of carbonyl (C=O) groups is 2. The van der Waals surface area contributed by atoms with Crippen molar-refractivity contribution >= 4 is 11.6 Å². The Kier molecular flexibility index (Phi) is 3.70. The molecule has 3 fully saturated rings. The lowest BCUT2D eigenvalue weighted by Gasteiger charge is -2.56. The molecule has 3 saturated carbocycles. The lowest BCUT2D eigenvalue weighted by Crippen LogP contribution is -2.56. The second-order valence-electron chi connectivity index (χ2n) is 8.30. The summed E-state index contributed by atoms with van der Waals surface area (Å²) >= 11 is 0. The number of hydrogen-bond acceptors (Lipinski definition) is 2. The average Bonchev–Trinajstić information content (AvgIpc) is 2.83. The molecule has 22 heavy (non-hydrogen) atoms. The van der Waals surface area contributed by atoms with Gasteiger partial charge >= 0.3 is 0 Å². The van der Waals surface area contributed by atoms with Crippen LogP contribution < -0.4 is 0 Å². The molecule has 2 heteroatoms. The van der Waals surface area contributed by atoms with Crippen molar-refractivity contribution in [1.82, 2.24) is 0 Å². The molecule has 0 heterocycles. The van der Waals surface area contributed by atoms with E-state index in [2.05, 4.69) is 20.4 Å². The minimum atomic E-state index is -0.122. The number of allylic oxidation sites excluding steroid dienone is 3. The van der Waals surface area contributed by atoms with Gasteiger partial charge in [-0.05, 0) is 55.9 Å². The summed E-state index contributed by atoms with van der Waals surface area (Å²) in [6, 6.07) is 0. The minimum absolute atomic E-state index is 0.122. The van der Waals surface area contributed by atoms with Gasteiger partial charge in [0.2, 0.25) is 0 Å². The van der Waals surface area contributed by atoms with Crippen molar-refractivity contribution < 1.29 is 9.59 Å². The Hall–Kier alpha value is -1.18. The zero-order valence-corrected chi connectivity index (χ0v) is 14.3. The molecule has 0 aromatic rings. The third kappa shape index (κ3) is 2.06. The fourth-order valence-electron chi connectivity index (χ4n) is 5.81. The van der Waals surface area contributed by atoms with Crippen LogP contribution in [0.15, 0.2) is 23.8 Å². The standard InChI is InChI=1S/C20H28O2/c1-11(2)8-14(21)9-13(4)15-10-17(22)20(5)16-7-6-12(3)18(16)19(15)20/h8,12,15-16,18-19H,4,6-7,9-10H2,1-3,5H3/t12-,15+,16+,18-,19+,20+/m1/s1. The maximum absolute atomic E-state index is 12.6. The Labute approximate surface area is 134 Å². The highest BCUT2D eigenvalue weighted by Gasteiger charge is 2.70. The zero-order chi connectivity index (χ0) is 16.2. The van der Waals surface area contributed by atoms with E-state index in [4.69, 9.17) is 0 Å². The molecular weight excluding hydrogens is 272 g/mol. The third-order valence-electron chi connectivity index (χ3n) is 6.75. The lowest BCUT2D eigenvalue weighted by molar-refractivity contribution is -0.148. The van der Waals surface area contributed by atoms with Gasteiger partial charge in [-0.25, -0.2) is 0 Å². The van der Waals surface area contributed by atoms with Crippen LogP contribution in [0.3, 0.4) is 0 Å². The monoisotopic (exact) mass is 300 g/mol. The van der Waals surface area contributed by atoms with Gasteiger partial charge in [0.05, 0.1) is 0 Å². The van der Waals surface area contributed by atoms with Gasteiger partial charge in [-0.15, -0.1) is 0 Å². The second kappa shape index (κ2) is 5.18. The van der Waals surface area contributed by atoms with Crippen LogP contribution in [0.25, 0.3) is 0 Å². The summed E-state index contributed by atoms with van der Waals surface area (Å²) in [6.07, 6.45) is 5.18. The van der Waals surface area contributed by atoms with Crippen LogP contribution in [0, 0.1) is 35.0 Å². The first-order valence-corrected chi connectivity index (χ1v) is 8.65. The van der Waals surface area contributed by atoms with Gasteiger partial charge in [0.1, 0.15) is 5.78 Å². The number of hydrogen-bond donors (Lipinski definition) is 0. The third-order valence-corrected chi connectivity index (χ3v) is 6.75. The summed E-state index contributed by atoms with van der Waals surface area (Å²) in [4.78, 5) is 24.7. The van der Waals surface area contributed by atoms with Gasteiger partial charge in [-0.2, -0.15) is 0 Å². The Bertz CT molecular complexity index is 566. The molecule has 2 nitrogen and oxygen atoms in total. The van der Waals surface area contributed by atoms with Gasteiger partial charge in [-0.1, -0.05) is 38.0 Å². The number of rotatable bonds is 4. The molecule has 3 aliphatic carbocycles. The quantitative estimate of drug-likeness (QED) is 0.571. The molecule has 0 saturated heterocycles. The van der Waals surface area contributed by atoms with E-state index in [-0.39, 0.29) is 17.1 Å². The first kappa shape index (κ1) is 15.7. The lowest BCUT2D eigenvalue weighted by atomic mass is 9.46. The minimum Gasteiger partial charge on any atom is -0.299 e. The van der Waals surface area contributed by atoms with Gasteiger partial charge in [0.25, 0.3) is 0 Å². The Morgan fingerprint density at radius 1 is 1.36 bits per heavy atom. The Morgan fingerprint density at radius 3 is 2.68 bits per heavy atom. The van der Waals surface area contributed by atoms with Crippen LogP contribution in [0.5, 0.6) is 0 Å². The van der Waals surface area contributed by atoms with Crippen LogP contribution in [0.2, 0.25) is 0 Å². The number of ketones is 2. The molecule has 0 spiro atoms. The predicted molar refractivity (Wildman–Crippen MR) is 88.3 cm³/mol. The molecule has 6 atom stereocenters. The molecule has 0 radical (unpaired) electrons. The van der Waals surface area contributed by atoms with Crippen molar-refractivity contribution in [3.05, 3.63) is 23.8 Å². The normalized spacial score (nSPS) is 42.4. The summed E-state index contributed by atoms with van der Waals surface area (Å²) in [5.74, 6) is 3.21. The van der Waals surface area contributed by atoms with Crippen molar-refractivity contribution in [2.75, 3.05) is 0 Å². The van der Waals surface area contributed by atoms with Gasteiger partial charge in [-0.3, -0.25) is 9.59 Å². The summed E-state index contributed by atoms with van der Waals surface area (Å²) < 4.78 is 0. The number of Topliss-reactive ketones (excluding diaryl/α,β-unsaturated/α-hetero) is 1. The molecule has 3 rings (SSSR count). The highest BCUT2D eigenvalue weighted by atomic mass is 16.1. The van der Waals surface area contributed by atoms with E-state index in [1.807, 2.05) is 13.8 Å². The molecular formula is C20H28O2. The summed E-state index contributed by atoms with van der Waals surface area (Å²) in [6.45, 7) is 12.6. The van der Waals surface area contributed by atoms with E-state index in [1.54, 1.807) is 6.08 Å². The molecule has 0 bridgehead atoms. The fraction of sp³-hybridized carbons (Fsp3) is 0.700. The van der Waals surface area contributed by atoms with Crippen LogP contribution in [0.4, 0.5) is 0 Å². The molecule has 3 aliphatic rings. The Morgan fingerprint density at radius 2 is 2.05 bits per heavy atom. The van der Waals surface area contributed by atoms with E-state index in [0.717, 1.165) is 17.1 Å². The highest BCUT2D eigenvalue weighted by Crippen LogP contribution is 2.72. The molecule has 0 unspecified atom stereocenters. The number of fused-ring (bicyclic) bond motifs is 4. The first-order valence-electron chi connectivity index (χ1n) is 8.65. The topological polar surface area (TPSA) is 34.1 Å². The van der Waals surface area contributed by atoms with Crippen molar-refractivity contribution in [2.24, 2.45) is 35.0 Å². The smallest absolute Gasteiger partial charge is 0.159 e. The average molecular weight is 300 g/mol. The second-order valence-corrected chi connectivity index (χ2v) is 8.30. The van der Waals surface area contributed by atoms with Crippen LogP contribution in [-0.2, 0) is 9.59 Å². The van der Waals surface area contributed by atoms with Crippen molar-refractivity contribution in [3.63, 3.8) is 0 Å². The summed E-state index contributed by atoms with van der Waals surface area (Å²) in [5, 5.41) is 0. The van der Waals surface area contributed by atoms with Gasteiger partial charge in [0, 0.05) is 18.3 Å². The molecule has 0 aromatic heterocycles. The van der Waals surface area contributed by atoms with E-state index in [0.29, 0.717) is 36.4 Å². The van der Waals surface area contributed by atoms with Crippen molar-refractivity contribution in [1.29, 1.82) is 0 Å². The fourth-order valence-corrected chi connectivity index (χ4v) is 5.81. The zero-order valence-electron chi connectivity index (χ0n) is 14.3. The summed E-state index contributed by atoms with van der Waals surface area (Å²) in [5.41, 5.74) is 1.89. The van der Waals surface area contributed by atoms with Crippen LogP contribution in [-0.4, -0.2) is 11.6 Å². The molecule has 0 aliphatic heterocycles. The molecule has 120 valence electrons.